The van der Waals surface area contributed by atoms with E-state index >= 15 is 0 Å². The fourth-order valence-corrected chi connectivity index (χ4v) is 3.26. The zero-order chi connectivity index (χ0) is 18.9. The molecule has 0 aromatic carbocycles. The Morgan fingerprint density at radius 2 is 1.96 bits per heavy atom. The Kier molecular flexibility index (Phi) is 12.1. The summed E-state index contributed by atoms with van der Waals surface area (Å²) in [7, 11) is -2.96. The fourth-order valence-electron chi connectivity index (χ4n) is 2.48. The zero-order valence-electron chi connectivity index (χ0n) is 16.4. The van der Waals surface area contributed by atoms with Crippen LogP contribution in [0.3, 0.4) is 0 Å². The van der Waals surface area contributed by atoms with E-state index in [1.54, 1.807) is 0 Å². The Labute approximate surface area is 174 Å². The average molecular weight is 500 g/mol. The molecule has 152 valence electrons. The summed E-state index contributed by atoms with van der Waals surface area (Å²) in [6.07, 6.45) is 3.85. The van der Waals surface area contributed by atoms with Crippen molar-refractivity contribution in [3.8, 4) is 0 Å². The topological polar surface area (TPSA) is 96.6 Å². The van der Waals surface area contributed by atoms with Crippen molar-refractivity contribution >= 4 is 39.8 Å². The van der Waals surface area contributed by atoms with Gasteiger partial charge in [0.2, 0.25) is 0 Å². The summed E-state index contributed by atoms with van der Waals surface area (Å²) in [5.41, 5.74) is 0.981. The molecule has 0 fully saturated rings. The van der Waals surface area contributed by atoms with Crippen molar-refractivity contribution in [2.75, 3.05) is 18.6 Å². The van der Waals surface area contributed by atoms with Crippen molar-refractivity contribution < 1.29 is 12.9 Å². The second-order valence-corrected chi connectivity index (χ2v) is 8.65. The molecule has 0 saturated heterocycles. The highest BCUT2D eigenvalue weighted by Crippen LogP contribution is 2.22. The number of nitrogens with zero attached hydrogens (tertiary/aromatic N) is 2. The second-order valence-electron chi connectivity index (χ2n) is 6.39. The van der Waals surface area contributed by atoms with Crippen LogP contribution in [0.4, 0.5) is 0 Å². The molecule has 2 N–H and O–H groups in total. The smallest absolute Gasteiger partial charge is 0.191 e. The Bertz CT molecular complexity index is 642. The van der Waals surface area contributed by atoms with Gasteiger partial charge in [-0.15, -0.1) is 24.0 Å². The maximum absolute atomic E-state index is 11.3. The van der Waals surface area contributed by atoms with E-state index in [2.05, 4.69) is 34.6 Å². The van der Waals surface area contributed by atoms with Crippen LogP contribution in [0.2, 0.25) is 0 Å². The van der Waals surface area contributed by atoms with Gasteiger partial charge in [0.25, 0.3) is 0 Å². The van der Waals surface area contributed by atoms with Gasteiger partial charge in [0.05, 0.1) is 11.4 Å². The highest BCUT2D eigenvalue weighted by Gasteiger charge is 2.13. The van der Waals surface area contributed by atoms with Crippen LogP contribution in [-0.2, 0) is 16.4 Å². The minimum atomic E-state index is -2.96. The van der Waals surface area contributed by atoms with Gasteiger partial charge in [0, 0.05) is 30.8 Å². The van der Waals surface area contributed by atoms with E-state index in [0.717, 1.165) is 30.8 Å². The number of rotatable bonds is 10. The van der Waals surface area contributed by atoms with Crippen LogP contribution >= 0.6 is 24.0 Å². The molecule has 1 aromatic heterocycles. The maximum atomic E-state index is 11.3. The normalized spacial score (nSPS) is 13.4. The lowest BCUT2D eigenvalue weighted by Gasteiger charge is -2.17. The van der Waals surface area contributed by atoms with Crippen LogP contribution in [0.1, 0.15) is 64.3 Å². The van der Waals surface area contributed by atoms with Gasteiger partial charge < -0.3 is 15.2 Å². The Morgan fingerprint density at radius 1 is 1.31 bits per heavy atom. The van der Waals surface area contributed by atoms with E-state index in [4.69, 9.17) is 4.52 Å². The number of hydrogen-bond donors (Lipinski definition) is 2. The molecule has 1 aromatic rings. The summed E-state index contributed by atoms with van der Waals surface area (Å²) in [5.74, 6) is 1.94. The molecule has 0 radical (unpaired) electrons. The number of sulfone groups is 1. The van der Waals surface area contributed by atoms with Crippen molar-refractivity contribution in [3.63, 3.8) is 0 Å². The van der Waals surface area contributed by atoms with Gasteiger partial charge in [0.1, 0.15) is 16.4 Å². The highest BCUT2D eigenvalue weighted by molar-refractivity contribution is 14.0. The van der Waals surface area contributed by atoms with Crippen molar-refractivity contribution in [1.82, 2.24) is 15.8 Å². The molecule has 1 heterocycles. The number of guanidine groups is 1. The molecule has 0 amide bonds. The summed E-state index contributed by atoms with van der Waals surface area (Å²) >= 11 is 0. The molecule has 26 heavy (non-hydrogen) atoms. The van der Waals surface area contributed by atoms with E-state index in [1.807, 2.05) is 19.9 Å². The first-order valence-corrected chi connectivity index (χ1v) is 11.0. The summed E-state index contributed by atoms with van der Waals surface area (Å²) in [6.45, 7) is 9.33. The monoisotopic (exact) mass is 500 g/mol. The third-order valence-corrected chi connectivity index (χ3v) is 5.00. The predicted molar refractivity (Wildman–Crippen MR) is 117 cm³/mol. The van der Waals surface area contributed by atoms with Gasteiger partial charge in [-0.25, -0.2) is 13.4 Å². The van der Waals surface area contributed by atoms with E-state index in [9.17, 15) is 8.42 Å². The van der Waals surface area contributed by atoms with Crippen LogP contribution in [0.25, 0.3) is 0 Å². The van der Waals surface area contributed by atoms with Crippen molar-refractivity contribution in [2.24, 2.45) is 4.99 Å². The molecule has 0 aliphatic carbocycles. The molecular weight excluding hydrogens is 467 g/mol. The van der Waals surface area contributed by atoms with Crippen LogP contribution in [0, 0.1) is 0 Å². The van der Waals surface area contributed by atoms with Gasteiger partial charge in [-0.05, 0) is 33.1 Å². The molecular formula is C17H33IN4O3S. The van der Waals surface area contributed by atoms with E-state index in [1.165, 1.54) is 6.26 Å². The van der Waals surface area contributed by atoms with Crippen LogP contribution in [-0.4, -0.2) is 44.1 Å². The molecule has 1 unspecified atom stereocenters. The standard InChI is InChI=1S/C17H32N4O3S.HI/c1-6-14(7-2)16-11-15(24-21-16)12-19-17(18-8-3)20-13(4)9-10-25(5,22)23;/h11,13-14H,6-10,12H2,1-5H3,(H2,18,19,20);1H. The molecule has 0 aliphatic heterocycles. The number of hydrogen-bond acceptors (Lipinski definition) is 5. The lowest BCUT2D eigenvalue weighted by molar-refractivity contribution is 0.372. The van der Waals surface area contributed by atoms with Gasteiger partial charge in [-0.3, -0.25) is 0 Å². The predicted octanol–water partition coefficient (Wildman–Crippen LogP) is 3.07. The molecule has 1 atom stereocenters. The first kappa shape index (κ1) is 25.2. The average Bonchev–Trinajstić information content (AvgIpc) is 3.00. The minimum absolute atomic E-state index is 0. The summed E-state index contributed by atoms with van der Waals surface area (Å²) < 4.78 is 27.9. The summed E-state index contributed by atoms with van der Waals surface area (Å²) in [5, 5.41) is 10.5. The Hall–Kier alpha value is -0.840. The number of halogens is 1. The maximum Gasteiger partial charge on any atom is 0.191 e. The first-order chi connectivity index (χ1) is 11.8. The number of aromatic nitrogens is 1. The lowest BCUT2D eigenvalue weighted by Crippen LogP contribution is -2.42. The minimum Gasteiger partial charge on any atom is -0.359 e. The number of nitrogens with one attached hydrogen (secondary N) is 2. The fraction of sp³-hybridized carbons (Fsp3) is 0.765. The van der Waals surface area contributed by atoms with E-state index in [0.29, 0.717) is 24.8 Å². The molecule has 0 bridgehead atoms. The van der Waals surface area contributed by atoms with Crippen LogP contribution in [0.5, 0.6) is 0 Å². The first-order valence-electron chi connectivity index (χ1n) is 8.97. The van der Waals surface area contributed by atoms with Crippen molar-refractivity contribution in [1.29, 1.82) is 0 Å². The van der Waals surface area contributed by atoms with Crippen LogP contribution < -0.4 is 10.6 Å². The summed E-state index contributed by atoms with van der Waals surface area (Å²) in [4.78, 5) is 4.50. The lowest BCUT2D eigenvalue weighted by atomic mass is 9.99. The molecule has 9 heteroatoms. The molecule has 0 spiro atoms. The molecule has 1 rings (SSSR count). The van der Waals surface area contributed by atoms with Crippen LogP contribution in [0.15, 0.2) is 15.6 Å². The highest BCUT2D eigenvalue weighted by atomic mass is 127. The van der Waals surface area contributed by atoms with Gasteiger partial charge in [-0.2, -0.15) is 0 Å². The van der Waals surface area contributed by atoms with E-state index in [-0.39, 0.29) is 35.8 Å². The molecule has 7 nitrogen and oxygen atoms in total. The molecule has 0 aliphatic rings. The largest absolute Gasteiger partial charge is 0.359 e. The summed E-state index contributed by atoms with van der Waals surface area (Å²) in [6, 6.07) is 1.97. The van der Waals surface area contributed by atoms with Gasteiger partial charge in [0.15, 0.2) is 11.7 Å². The Morgan fingerprint density at radius 3 is 2.50 bits per heavy atom. The zero-order valence-corrected chi connectivity index (χ0v) is 19.6. The quantitative estimate of drug-likeness (QED) is 0.291. The third-order valence-electron chi connectivity index (χ3n) is 4.02. The van der Waals surface area contributed by atoms with E-state index < -0.39 is 9.84 Å². The molecule has 0 saturated carbocycles. The van der Waals surface area contributed by atoms with Gasteiger partial charge >= 0.3 is 0 Å². The second kappa shape index (κ2) is 12.5. The van der Waals surface area contributed by atoms with Crippen molar-refractivity contribution in [2.45, 2.75) is 65.5 Å². The van der Waals surface area contributed by atoms with Crippen molar-refractivity contribution in [3.05, 3.63) is 17.5 Å². The van der Waals surface area contributed by atoms with Gasteiger partial charge in [-0.1, -0.05) is 19.0 Å². The SMILES string of the molecule is CCNC(=NCc1cc(C(CC)CC)no1)NC(C)CCS(C)(=O)=O.I. The third kappa shape index (κ3) is 9.75. The Balaban J connectivity index is 0.00000625. The number of aliphatic imine (C=N–C) groups is 1.